The first-order valence-corrected chi connectivity index (χ1v) is 7.47. The molecule has 0 bridgehead atoms. The van der Waals surface area contributed by atoms with Gasteiger partial charge in [0.1, 0.15) is 5.82 Å². The molecule has 1 saturated carbocycles. The standard InChI is InChI=1S/C12H15ClN2O2S/c1-18-9-4-2-3-8(9)15-11-10(13)7(12(16)17)5-6-14-11/h5-6,8-9H,2-4H2,1H3,(H,14,15)(H,16,17). The van der Waals surface area contributed by atoms with Crippen LogP contribution in [0, 0.1) is 0 Å². The fourth-order valence-corrected chi connectivity index (χ4v) is 3.44. The van der Waals surface area contributed by atoms with Crippen molar-refractivity contribution in [1.82, 2.24) is 4.98 Å². The Balaban J connectivity index is 2.19. The second kappa shape index (κ2) is 5.80. The Morgan fingerprint density at radius 3 is 3.06 bits per heavy atom. The summed E-state index contributed by atoms with van der Waals surface area (Å²) >= 11 is 7.89. The molecule has 1 aliphatic carbocycles. The van der Waals surface area contributed by atoms with Crippen molar-refractivity contribution < 1.29 is 9.90 Å². The third-order valence-corrected chi connectivity index (χ3v) is 4.75. The zero-order valence-electron chi connectivity index (χ0n) is 10.0. The van der Waals surface area contributed by atoms with Crippen LogP contribution < -0.4 is 5.32 Å². The molecule has 0 saturated heterocycles. The van der Waals surface area contributed by atoms with Gasteiger partial charge in [-0.05, 0) is 25.2 Å². The van der Waals surface area contributed by atoms with Gasteiger partial charge in [-0.1, -0.05) is 18.0 Å². The number of nitrogens with zero attached hydrogens (tertiary/aromatic N) is 1. The third kappa shape index (κ3) is 2.72. The molecule has 1 aliphatic rings. The second-order valence-electron chi connectivity index (χ2n) is 4.28. The monoisotopic (exact) mass is 286 g/mol. The number of thioether (sulfide) groups is 1. The van der Waals surface area contributed by atoms with Gasteiger partial charge in [-0.25, -0.2) is 9.78 Å². The van der Waals surface area contributed by atoms with E-state index >= 15 is 0 Å². The van der Waals surface area contributed by atoms with Crippen LogP contribution in [0.25, 0.3) is 0 Å². The Labute approximate surface area is 115 Å². The average molecular weight is 287 g/mol. The lowest BCUT2D eigenvalue weighted by Gasteiger charge is -2.20. The molecule has 0 radical (unpaired) electrons. The van der Waals surface area contributed by atoms with Gasteiger partial charge in [-0.2, -0.15) is 11.8 Å². The minimum atomic E-state index is -1.03. The highest BCUT2D eigenvalue weighted by molar-refractivity contribution is 7.99. The van der Waals surface area contributed by atoms with Crippen LogP contribution in [-0.4, -0.2) is 33.6 Å². The number of halogens is 1. The SMILES string of the molecule is CSC1CCCC1Nc1nccc(C(=O)O)c1Cl. The lowest BCUT2D eigenvalue weighted by Crippen LogP contribution is -2.26. The summed E-state index contributed by atoms with van der Waals surface area (Å²) in [5.41, 5.74) is 0.0906. The van der Waals surface area contributed by atoms with Crippen LogP contribution in [0.2, 0.25) is 5.02 Å². The van der Waals surface area contributed by atoms with Crippen molar-refractivity contribution in [1.29, 1.82) is 0 Å². The summed E-state index contributed by atoms with van der Waals surface area (Å²) in [6.07, 6.45) is 6.99. The number of aromatic carboxylic acids is 1. The lowest BCUT2D eigenvalue weighted by molar-refractivity contribution is 0.0697. The molecular formula is C12H15ClN2O2S. The second-order valence-corrected chi connectivity index (χ2v) is 5.74. The number of hydrogen-bond donors (Lipinski definition) is 2. The van der Waals surface area contributed by atoms with Crippen LogP contribution in [-0.2, 0) is 0 Å². The van der Waals surface area contributed by atoms with Crippen molar-refractivity contribution in [2.24, 2.45) is 0 Å². The zero-order valence-corrected chi connectivity index (χ0v) is 11.6. The van der Waals surface area contributed by atoms with Crippen LogP contribution in [0.3, 0.4) is 0 Å². The molecule has 4 nitrogen and oxygen atoms in total. The van der Waals surface area contributed by atoms with Crippen molar-refractivity contribution in [3.05, 3.63) is 22.8 Å². The van der Waals surface area contributed by atoms with Gasteiger partial charge in [-0.15, -0.1) is 0 Å². The minimum absolute atomic E-state index is 0.0906. The van der Waals surface area contributed by atoms with Gasteiger partial charge in [0.25, 0.3) is 0 Å². The molecule has 6 heteroatoms. The summed E-state index contributed by atoms with van der Waals surface area (Å²) in [5.74, 6) is -0.555. The number of carboxylic acids is 1. The van der Waals surface area contributed by atoms with E-state index in [1.807, 2.05) is 11.8 Å². The number of nitrogens with one attached hydrogen (secondary N) is 1. The predicted octanol–water partition coefficient (Wildman–Crippen LogP) is 3.13. The highest BCUT2D eigenvalue weighted by Gasteiger charge is 2.27. The number of anilines is 1. The molecule has 1 aromatic heterocycles. The molecule has 0 aromatic carbocycles. The number of aromatic nitrogens is 1. The Kier molecular flexibility index (Phi) is 4.35. The van der Waals surface area contributed by atoms with Gasteiger partial charge in [0.2, 0.25) is 0 Å². The summed E-state index contributed by atoms with van der Waals surface area (Å²) in [6, 6.07) is 1.73. The van der Waals surface area contributed by atoms with Gasteiger partial charge < -0.3 is 10.4 Å². The van der Waals surface area contributed by atoms with E-state index in [2.05, 4.69) is 16.6 Å². The molecule has 0 aliphatic heterocycles. The van der Waals surface area contributed by atoms with E-state index in [0.29, 0.717) is 17.1 Å². The molecule has 2 unspecified atom stereocenters. The van der Waals surface area contributed by atoms with Crippen LogP contribution >= 0.6 is 23.4 Å². The van der Waals surface area contributed by atoms with E-state index in [1.54, 1.807) is 0 Å². The van der Waals surface area contributed by atoms with E-state index in [9.17, 15) is 4.79 Å². The van der Waals surface area contributed by atoms with E-state index in [-0.39, 0.29) is 10.6 Å². The predicted molar refractivity (Wildman–Crippen MR) is 74.8 cm³/mol. The number of carboxylic acid groups (broad SMARTS) is 1. The zero-order chi connectivity index (χ0) is 13.1. The molecular weight excluding hydrogens is 272 g/mol. The van der Waals surface area contributed by atoms with Crippen LogP contribution in [0.5, 0.6) is 0 Å². The Hall–Kier alpha value is -0.940. The van der Waals surface area contributed by atoms with Crippen LogP contribution in [0.1, 0.15) is 29.6 Å². The molecule has 0 spiro atoms. The molecule has 2 atom stereocenters. The maximum absolute atomic E-state index is 11.0. The summed E-state index contributed by atoms with van der Waals surface area (Å²) in [5, 5.41) is 13.0. The van der Waals surface area contributed by atoms with Crippen molar-refractivity contribution in [2.75, 3.05) is 11.6 Å². The first kappa shape index (κ1) is 13.5. The fraction of sp³-hybridized carbons (Fsp3) is 0.500. The van der Waals surface area contributed by atoms with E-state index < -0.39 is 5.97 Å². The largest absolute Gasteiger partial charge is 0.478 e. The highest BCUT2D eigenvalue weighted by Crippen LogP contribution is 2.32. The van der Waals surface area contributed by atoms with Gasteiger partial charge in [0, 0.05) is 17.5 Å². The normalized spacial score (nSPS) is 23.0. The number of rotatable bonds is 4. The quantitative estimate of drug-likeness (QED) is 0.890. The lowest BCUT2D eigenvalue weighted by atomic mass is 10.2. The van der Waals surface area contributed by atoms with Gasteiger partial charge in [0.05, 0.1) is 10.6 Å². The van der Waals surface area contributed by atoms with Crippen molar-refractivity contribution in [2.45, 2.75) is 30.6 Å². The van der Waals surface area contributed by atoms with Crippen LogP contribution in [0.15, 0.2) is 12.3 Å². The summed E-state index contributed by atoms with van der Waals surface area (Å²) in [7, 11) is 0. The Morgan fingerprint density at radius 2 is 2.39 bits per heavy atom. The highest BCUT2D eigenvalue weighted by atomic mass is 35.5. The summed E-state index contributed by atoms with van der Waals surface area (Å²) in [4.78, 5) is 15.1. The first-order valence-electron chi connectivity index (χ1n) is 5.80. The molecule has 18 heavy (non-hydrogen) atoms. The van der Waals surface area contributed by atoms with Crippen molar-refractivity contribution >= 4 is 35.1 Å². The Morgan fingerprint density at radius 1 is 1.61 bits per heavy atom. The number of carbonyl (C=O) groups is 1. The van der Waals surface area contributed by atoms with Crippen LogP contribution in [0.4, 0.5) is 5.82 Å². The first-order chi connectivity index (χ1) is 8.63. The smallest absolute Gasteiger partial charge is 0.337 e. The third-order valence-electron chi connectivity index (χ3n) is 3.20. The van der Waals surface area contributed by atoms with Crippen molar-refractivity contribution in [3.8, 4) is 0 Å². The maximum Gasteiger partial charge on any atom is 0.337 e. The molecule has 1 heterocycles. The molecule has 1 aromatic rings. The fourth-order valence-electron chi connectivity index (χ4n) is 2.26. The van der Waals surface area contributed by atoms with Gasteiger partial charge in [0.15, 0.2) is 0 Å². The molecule has 98 valence electrons. The number of pyridine rings is 1. The maximum atomic E-state index is 11.0. The molecule has 2 rings (SSSR count). The summed E-state index contributed by atoms with van der Waals surface area (Å²) in [6.45, 7) is 0. The average Bonchev–Trinajstić information content (AvgIpc) is 2.78. The molecule has 1 fully saturated rings. The molecule has 0 amide bonds. The Bertz CT molecular complexity index is 456. The van der Waals surface area contributed by atoms with E-state index in [1.165, 1.54) is 25.1 Å². The minimum Gasteiger partial charge on any atom is -0.478 e. The number of hydrogen-bond acceptors (Lipinski definition) is 4. The molecule has 2 N–H and O–H groups in total. The van der Waals surface area contributed by atoms with Gasteiger partial charge >= 0.3 is 5.97 Å². The van der Waals surface area contributed by atoms with Crippen molar-refractivity contribution in [3.63, 3.8) is 0 Å². The summed E-state index contributed by atoms with van der Waals surface area (Å²) < 4.78 is 0. The van der Waals surface area contributed by atoms with E-state index in [0.717, 1.165) is 6.42 Å². The topological polar surface area (TPSA) is 62.2 Å². The van der Waals surface area contributed by atoms with Gasteiger partial charge in [-0.3, -0.25) is 0 Å². The van der Waals surface area contributed by atoms with E-state index in [4.69, 9.17) is 16.7 Å².